The van der Waals surface area contributed by atoms with E-state index in [1.54, 1.807) is 24.3 Å². The van der Waals surface area contributed by atoms with Crippen LogP contribution in [0.3, 0.4) is 0 Å². The van der Waals surface area contributed by atoms with Crippen LogP contribution in [0.25, 0.3) is 16.9 Å². The predicted octanol–water partition coefficient (Wildman–Crippen LogP) is 1.93. The Morgan fingerprint density at radius 3 is 2.72 bits per heavy atom. The third-order valence-electron chi connectivity index (χ3n) is 4.40. The average Bonchev–Trinajstić information content (AvgIpc) is 3.36. The quantitative estimate of drug-likeness (QED) is 0.707. The molecule has 1 aromatic carbocycles. The first-order valence-corrected chi connectivity index (χ1v) is 8.86. The Morgan fingerprint density at radius 2 is 2.07 bits per heavy atom. The summed E-state index contributed by atoms with van der Waals surface area (Å²) in [6.07, 6.45) is 3.55. The summed E-state index contributed by atoms with van der Waals surface area (Å²) in [5.74, 6) is -0.189. The molecule has 1 N–H and O–H groups in total. The zero-order chi connectivity index (χ0) is 20.4. The second-order valence-corrected chi connectivity index (χ2v) is 6.44. The maximum atomic E-state index is 14.7. The Balaban J connectivity index is 1.51. The molecule has 0 bridgehead atoms. The highest BCUT2D eigenvalue weighted by molar-refractivity contribution is 5.90. The first-order valence-electron chi connectivity index (χ1n) is 8.86. The zero-order valence-electron chi connectivity index (χ0n) is 15.4. The fraction of sp³-hybridized carbons (Fsp3) is 0.211. The van der Waals surface area contributed by atoms with E-state index in [1.165, 1.54) is 41.3 Å². The van der Waals surface area contributed by atoms with Crippen molar-refractivity contribution in [3.05, 3.63) is 54.7 Å². The van der Waals surface area contributed by atoms with Gasteiger partial charge in [-0.25, -0.2) is 14.2 Å². The molecule has 29 heavy (non-hydrogen) atoms. The van der Waals surface area contributed by atoms with Crippen LogP contribution in [0, 0.1) is 5.82 Å². The van der Waals surface area contributed by atoms with Crippen LogP contribution in [0.5, 0.6) is 0 Å². The molecular formula is C19H17FN6O3. The first kappa shape index (κ1) is 18.5. The molecule has 0 aliphatic carbocycles. The minimum atomic E-state index is -0.578. The number of anilines is 1. The van der Waals surface area contributed by atoms with Gasteiger partial charge in [0.05, 0.1) is 31.2 Å². The minimum Gasteiger partial charge on any atom is -0.442 e. The SMILES string of the molecule is CC(=O)NC[C@H]1CN(c2ccc(-c3ccc(-n4nccn4)nc3)c(F)c2)C(=O)O1. The van der Waals surface area contributed by atoms with Crippen LogP contribution in [-0.2, 0) is 9.53 Å². The number of nitrogens with zero attached hydrogens (tertiary/aromatic N) is 5. The van der Waals surface area contributed by atoms with Crippen molar-refractivity contribution in [1.82, 2.24) is 25.3 Å². The van der Waals surface area contributed by atoms with E-state index in [1.807, 2.05) is 0 Å². The van der Waals surface area contributed by atoms with Crippen LogP contribution in [-0.4, -0.2) is 51.2 Å². The largest absolute Gasteiger partial charge is 0.442 e. The van der Waals surface area contributed by atoms with Gasteiger partial charge in [-0.05, 0) is 30.3 Å². The summed E-state index contributed by atoms with van der Waals surface area (Å²) in [5.41, 5.74) is 1.31. The highest BCUT2D eigenvalue weighted by Gasteiger charge is 2.32. The van der Waals surface area contributed by atoms with Gasteiger partial charge in [0.2, 0.25) is 5.91 Å². The third-order valence-corrected chi connectivity index (χ3v) is 4.40. The monoisotopic (exact) mass is 396 g/mol. The molecule has 3 heterocycles. The molecule has 148 valence electrons. The van der Waals surface area contributed by atoms with Crippen molar-refractivity contribution < 1.29 is 18.7 Å². The molecule has 2 amide bonds. The number of ether oxygens (including phenoxy) is 1. The van der Waals surface area contributed by atoms with Gasteiger partial charge in [0, 0.05) is 24.2 Å². The van der Waals surface area contributed by atoms with Crippen LogP contribution in [0.15, 0.2) is 48.9 Å². The van der Waals surface area contributed by atoms with E-state index in [0.29, 0.717) is 22.6 Å². The Hall–Kier alpha value is -3.82. The van der Waals surface area contributed by atoms with Crippen LogP contribution in [0.1, 0.15) is 6.92 Å². The van der Waals surface area contributed by atoms with Gasteiger partial charge in [-0.15, -0.1) is 4.80 Å². The number of nitrogens with one attached hydrogen (secondary N) is 1. The van der Waals surface area contributed by atoms with Gasteiger partial charge in [-0.1, -0.05) is 0 Å². The van der Waals surface area contributed by atoms with Crippen molar-refractivity contribution in [2.24, 2.45) is 0 Å². The Kier molecular flexibility index (Phi) is 4.90. The second kappa shape index (κ2) is 7.66. The van der Waals surface area contributed by atoms with Gasteiger partial charge in [-0.3, -0.25) is 9.69 Å². The van der Waals surface area contributed by atoms with Gasteiger partial charge in [-0.2, -0.15) is 10.2 Å². The first-order chi connectivity index (χ1) is 14.0. The molecule has 1 atom stereocenters. The number of hydrogen-bond acceptors (Lipinski definition) is 6. The summed E-state index contributed by atoms with van der Waals surface area (Å²) >= 11 is 0. The van der Waals surface area contributed by atoms with Gasteiger partial charge in [0.15, 0.2) is 5.82 Å². The van der Waals surface area contributed by atoms with Crippen LogP contribution in [0.2, 0.25) is 0 Å². The molecule has 4 rings (SSSR count). The van der Waals surface area contributed by atoms with E-state index < -0.39 is 18.0 Å². The summed E-state index contributed by atoms with van der Waals surface area (Å²) in [5, 5.41) is 10.6. The van der Waals surface area contributed by atoms with Gasteiger partial charge < -0.3 is 10.1 Å². The molecule has 0 saturated carbocycles. The summed E-state index contributed by atoms with van der Waals surface area (Å²) in [7, 11) is 0. The molecule has 1 saturated heterocycles. The van der Waals surface area contributed by atoms with E-state index >= 15 is 0 Å². The van der Waals surface area contributed by atoms with Crippen molar-refractivity contribution in [3.8, 4) is 16.9 Å². The zero-order valence-corrected chi connectivity index (χ0v) is 15.4. The Labute approximate surface area is 165 Å². The summed E-state index contributed by atoms with van der Waals surface area (Å²) in [6, 6.07) is 7.91. The number of halogens is 1. The number of cyclic esters (lactones) is 1. The van der Waals surface area contributed by atoms with Crippen LogP contribution >= 0.6 is 0 Å². The number of carbonyl (C=O) groups is 2. The summed E-state index contributed by atoms with van der Waals surface area (Å²) < 4.78 is 20.0. The molecule has 0 unspecified atom stereocenters. The number of hydrogen-bond donors (Lipinski definition) is 1. The van der Waals surface area contributed by atoms with E-state index in [4.69, 9.17) is 4.74 Å². The third kappa shape index (κ3) is 3.91. The molecular weight excluding hydrogens is 379 g/mol. The van der Waals surface area contributed by atoms with E-state index in [2.05, 4.69) is 20.5 Å². The van der Waals surface area contributed by atoms with Gasteiger partial charge in [0.25, 0.3) is 0 Å². The van der Waals surface area contributed by atoms with Crippen molar-refractivity contribution >= 4 is 17.7 Å². The van der Waals surface area contributed by atoms with Crippen molar-refractivity contribution in [2.45, 2.75) is 13.0 Å². The molecule has 2 aromatic heterocycles. The topological polar surface area (TPSA) is 102 Å². The average molecular weight is 396 g/mol. The van der Waals surface area contributed by atoms with E-state index in [9.17, 15) is 14.0 Å². The number of rotatable bonds is 5. The fourth-order valence-corrected chi connectivity index (χ4v) is 3.00. The molecule has 1 fully saturated rings. The molecule has 1 aliphatic rings. The Bertz CT molecular complexity index is 1040. The molecule has 0 radical (unpaired) electrons. The van der Waals surface area contributed by atoms with Crippen molar-refractivity contribution in [2.75, 3.05) is 18.0 Å². The number of carbonyl (C=O) groups excluding carboxylic acids is 2. The van der Waals surface area contributed by atoms with E-state index in [-0.39, 0.29) is 19.0 Å². The molecule has 1 aliphatic heterocycles. The second-order valence-electron chi connectivity index (χ2n) is 6.44. The van der Waals surface area contributed by atoms with Crippen molar-refractivity contribution in [1.29, 1.82) is 0 Å². The number of amides is 2. The maximum absolute atomic E-state index is 14.7. The number of benzene rings is 1. The molecule has 10 heteroatoms. The molecule has 9 nitrogen and oxygen atoms in total. The smallest absolute Gasteiger partial charge is 0.414 e. The number of aromatic nitrogens is 4. The highest BCUT2D eigenvalue weighted by Crippen LogP contribution is 2.29. The lowest BCUT2D eigenvalue weighted by atomic mass is 10.1. The van der Waals surface area contributed by atoms with Gasteiger partial charge in [0.1, 0.15) is 11.9 Å². The standard InChI is InChI=1S/C19H17FN6O3/c1-12(27)21-10-15-11-25(19(28)29-15)14-3-4-16(17(20)8-14)13-2-5-18(22-9-13)26-23-6-7-24-26/h2-9,15H,10-11H2,1H3,(H,21,27)/t15-/m0/s1. The highest BCUT2D eigenvalue weighted by atomic mass is 19.1. The predicted molar refractivity (Wildman–Crippen MR) is 101 cm³/mol. The normalized spacial score (nSPS) is 16.0. The van der Waals surface area contributed by atoms with E-state index in [0.717, 1.165) is 0 Å². The fourth-order valence-electron chi connectivity index (χ4n) is 3.00. The summed E-state index contributed by atoms with van der Waals surface area (Å²) in [6.45, 7) is 1.82. The lowest BCUT2D eigenvalue weighted by Gasteiger charge is -2.14. The maximum Gasteiger partial charge on any atom is 0.414 e. The van der Waals surface area contributed by atoms with Crippen LogP contribution in [0.4, 0.5) is 14.9 Å². The number of pyridine rings is 1. The molecule has 3 aromatic rings. The lowest BCUT2D eigenvalue weighted by molar-refractivity contribution is -0.119. The Morgan fingerprint density at radius 1 is 1.28 bits per heavy atom. The summed E-state index contributed by atoms with van der Waals surface area (Å²) in [4.78, 5) is 30.0. The molecule has 0 spiro atoms. The lowest BCUT2D eigenvalue weighted by Crippen LogP contribution is -2.33. The minimum absolute atomic E-state index is 0.210. The van der Waals surface area contributed by atoms with Gasteiger partial charge >= 0.3 is 6.09 Å². The van der Waals surface area contributed by atoms with Crippen LogP contribution < -0.4 is 10.2 Å². The van der Waals surface area contributed by atoms with Crippen molar-refractivity contribution in [3.63, 3.8) is 0 Å².